The van der Waals surface area contributed by atoms with Crippen LogP contribution < -0.4 is 11.1 Å². The third-order valence-electron chi connectivity index (χ3n) is 3.21. The summed E-state index contributed by atoms with van der Waals surface area (Å²) in [6, 6.07) is 5.69. The Balaban J connectivity index is 2.78. The van der Waals surface area contributed by atoms with E-state index in [0.29, 0.717) is 16.6 Å². The average molecular weight is 303 g/mol. The molecule has 5 heteroatoms. The van der Waals surface area contributed by atoms with Gasteiger partial charge in [-0.2, -0.15) is 0 Å². The number of rotatable bonds is 6. The number of hydrogen-bond acceptors (Lipinski definition) is 2. The summed E-state index contributed by atoms with van der Waals surface area (Å²) in [4.78, 5) is 11.3. The van der Waals surface area contributed by atoms with Crippen molar-refractivity contribution in [3.05, 3.63) is 33.8 Å². The van der Waals surface area contributed by atoms with Crippen molar-refractivity contribution in [2.75, 3.05) is 6.54 Å². The summed E-state index contributed by atoms with van der Waals surface area (Å²) < 4.78 is 0. The molecule has 0 aromatic heterocycles. The Bertz CT molecular complexity index is 461. The lowest BCUT2D eigenvalue weighted by Crippen LogP contribution is -2.41. The molecule has 0 aliphatic rings. The number of primary amides is 1. The third-order valence-corrected chi connectivity index (χ3v) is 3.95. The van der Waals surface area contributed by atoms with Gasteiger partial charge in [-0.25, -0.2) is 0 Å². The highest BCUT2D eigenvalue weighted by Gasteiger charge is 2.25. The standard InChI is InChI=1S/C14H20Cl2N2O/c1-4-12(18-8-14(2,3)13(17)19)9-5-6-10(15)11(16)7-9/h5-7,12,18H,4,8H2,1-3H3,(H2,17,19). The first-order valence-electron chi connectivity index (χ1n) is 6.26. The Morgan fingerprint density at radius 1 is 1.37 bits per heavy atom. The Labute approximate surface area is 124 Å². The molecule has 0 spiro atoms. The van der Waals surface area contributed by atoms with Crippen LogP contribution in [0.2, 0.25) is 10.0 Å². The van der Waals surface area contributed by atoms with Crippen molar-refractivity contribution >= 4 is 29.1 Å². The van der Waals surface area contributed by atoms with Crippen molar-refractivity contribution in [3.63, 3.8) is 0 Å². The molecule has 1 atom stereocenters. The highest BCUT2D eigenvalue weighted by molar-refractivity contribution is 6.42. The minimum atomic E-state index is -0.580. The second kappa shape index (κ2) is 6.60. The number of nitrogens with two attached hydrogens (primary N) is 1. The molecule has 0 saturated heterocycles. The van der Waals surface area contributed by atoms with Gasteiger partial charge in [0.05, 0.1) is 15.5 Å². The minimum Gasteiger partial charge on any atom is -0.369 e. The first-order valence-corrected chi connectivity index (χ1v) is 7.01. The molecule has 0 aliphatic carbocycles. The van der Waals surface area contributed by atoms with Gasteiger partial charge in [0, 0.05) is 12.6 Å². The zero-order valence-electron chi connectivity index (χ0n) is 11.5. The fraction of sp³-hybridized carbons (Fsp3) is 0.500. The topological polar surface area (TPSA) is 55.1 Å². The zero-order chi connectivity index (χ0) is 14.6. The molecular formula is C14H20Cl2N2O. The molecule has 3 N–H and O–H groups in total. The van der Waals surface area contributed by atoms with Crippen LogP contribution in [0.5, 0.6) is 0 Å². The maximum Gasteiger partial charge on any atom is 0.224 e. The van der Waals surface area contributed by atoms with Crippen LogP contribution in [-0.2, 0) is 4.79 Å². The first kappa shape index (κ1) is 16.3. The fourth-order valence-electron chi connectivity index (χ4n) is 1.69. The molecule has 1 amide bonds. The van der Waals surface area contributed by atoms with E-state index in [-0.39, 0.29) is 11.9 Å². The molecule has 0 saturated carbocycles. The zero-order valence-corrected chi connectivity index (χ0v) is 13.0. The molecule has 0 bridgehead atoms. The van der Waals surface area contributed by atoms with Gasteiger partial charge in [0.1, 0.15) is 0 Å². The second-order valence-corrected chi connectivity index (χ2v) is 6.08. The number of carbonyl (C=O) groups excluding carboxylic acids is 1. The summed E-state index contributed by atoms with van der Waals surface area (Å²) in [5.41, 5.74) is 5.84. The van der Waals surface area contributed by atoms with Crippen LogP contribution in [0.4, 0.5) is 0 Å². The summed E-state index contributed by atoms with van der Waals surface area (Å²) in [6.07, 6.45) is 0.882. The summed E-state index contributed by atoms with van der Waals surface area (Å²) >= 11 is 11.9. The van der Waals surface area contributed by atoms with E-state index in [1.807, 2.05) is 26.0 Å². The van der Waals surface area contributed by atoms with E-state index in [1.54, 1.807) is 6.07 Å². The number of benzene rings is 1. The average Bonchev–Trinajstić information content (AvgIpc) is 2.34. The van der Waals surface area contributed by atoms with E-state index in [2.05, 4.69) is 12.2 Å². The second-order valence-electron chi connectivity index (χ2n) is 5.26. The Morgan fingerprint density at radius 3 is 2.47 bits per heavy atom. The van der Waals surface area contributed by atoms with Crippen LogP contribution in [0.1, 0.15) is 38.8 Å². The van der Waals surface area contributed by atoms with E-state index in [1.165, 1.54) is 0 Å². The van der Waals surface area contributed by atoms with E-state index in [9.17, 15) is 4.79 Å². The van der Waals surface area contributed by atoms with Gasteiger partial charge in [-0.1, -0.05) is 36.2 Å². The molecule has 0 radical (unpaired) electrons. The van der Waals surface area contributed by atoms with Crippen LogP contribution in [0.15, 0.2) is 18.2 Å². The third kappa shape index (κ3) is 4.37. The normalized spacial score (nSPS) is 13.3. The van der Waals surface area contributed by atoms with Gasteiger partial charge >= 0.3 is 0 Å². The predicted molar refractivity (Wildman–Crippen MR) is 80.5 cm³/mol. The van der Waals surface area contributed by atoms with Gasteiger partial charge in [-0.05, 0) is 38.0 Å². The highest BCUT2D eigenvalue weighted by atomic mass is 35.5. The van der Waals surface area contributed by atoms with Crippen LogP contribution in [0, 0.1) is 5.41 Å². The van der Waals surface area contributed by atoms with Crippen molar-refractivity contribution in [1.82, 2.24) is 5.32 Å². The van der Waals surface area contributed by atoms with Crippen molar-refractivity contribution < 1.29 is 4.79 Å². The van der Waals surface area contributed by atoms with E-state index >= 15 is 0 Å². The van der Waals surface area contributed by atoms with Crippen LogP contribution in [0.3, 0.4) is 0 Å². The highest BCUT2D eigenvalue weighted by Crippen LogP contribution is 2.27. The Morgan fingerprint density at radius 2 is 2.00 bits per heavy atom. The van der Waals surface area contributed by atoms with Crippen LogP contribution in [-0.4, -0.2) is 12.5 Å². The van der Waals surface area contributed by atoms with Gasteiger partial charge in [0.25, 0.3) is 0 Å². The molecule has 0 heterocycles. The van der Waals surface area contributed by atoms with E-state index in [4.69, 9.17) is 28.9 Å². The number of nitrogens with one attached hydrogen (secondary N) is 1. The monoisotopic (exact) mass is 302 g/mol. The van der Waals surface area contributed by atoms with Gasteiger partial charge in [-0.3, -0.25) is 4.79 Å². The van der Waals surface area contributed by atoms with Crippen LogP contribution in [0.25, 0.3) is 0 Å². The van der Waals surface area contributed by atoms with Gasteiger partial charge in [0.2, 0.25) is 5.91 Å². The molecule has 0 fully saturated rings. The Kier molecular flexibility index (Phi) is 5.65. The van der Waals surface area contributed by atoms with Gasteiger partial charge in [-0.15, -0.1) is 0 Å². The summed E-state index contributed by atoms with van der Waals surface area (Å²) in [7, 11) is 0. The number of halogens is 2. The van der Waals surface area contributed by atoms with Crippen molar-refractivity contribution in [1.29, 1.82) is 0 Å². The summed E-state index contributed by atoms with van der Waals surface area (Å²) in [5, 5.41) is 4.43. The lowest BCUT2D eigenvalue weighted by Gasteiger charge is -2.25. The number of amides is 1. The maximum absolute atomic E-state index is 11.3. The molecule has 1 aromatic carbocycles. The van der Waals surface area contributed by atoms with E-state index < -0.39 is 5.41 Å². The Hall–Kier alpha value is -0.770. The largest absolute Gasteiger partial charge is 0.369 e. The van der Waals surface area contributed by atoms with E-state index in [0.717, 1.165) is 12.0 Å². The molecule has 1 aromatic rings. The molecule has 19 heavy (non-hydrogen) atoms. The van der Waals surface area contributed by atoms with Crippen molar-refractivity contribution in [2.45, 2.75) is 33.2 Å². The van der Waals surface area contributed by atoms with Gasteiger partial charge < -0.3 is 11.1 Å². The first-order chi connectivity index (χ1) is 8.77. The summed E-state index contributed by atoms with van der Waals surface area (Å²) in [5.74, 6) is -0.316. The molecular weight excluding hydrogens is 283 g/mol. The quantitative estimate of drug-likeness (QED) is 0.844. The SMILES string of the molecule is CCC(NCC(C)(C)C(N)=O)c1ccc(Cl)c(Cl)c1. The molecule has 1 unspecified atom stereocenters. The maximum atomic E-state index is 11.3. The van der Waals surface area contributed by atoms with Crippen LogP contribution >= 0.6 is 23.2 Å². The number of hydrogen-bond donors (Lipinski definition) is 2. The molecule has 0 aliphatic heterocycles. The fourth-order valence-corrected chi connectivity index (χ4v) is 2.00. The lowest BCUT2D eigenvalue weighted by atomic mass is 9.91. The lowest BCUT2D eigenvalue weighted by molar-refractivity contribution is -0.125. The molecule has 1 rings (SSSR count). The predicted octanol–water partition coefficient (Wildman–Crippen LogP) is 3.55. The molecule has 106 valence electrons. The van der Waals surface area contributed by atoms with Gasteiger partial charge in [0.15, 0.2) is 0 Å². The molecule has 3 nitrogen and oxygen atoms in total. The van der Waals surface area contributed by atoms with Crippen molar-refractivity contribution in [3.8, 4) is 0 Å². The number of carbonyl (C=O) groups is 1. The van der Waals surface area contributed by atoms with Crippen molar-refractivity contribution in [2.24, 2.45) is 11.1 Å². The summed E-state index contributed by atoms with van der Waals surface area (Å²) in [6.45, 7) is 6.23. The minimum absolute atomic E-state index is 0.119. The smallest absolute Gasteiger partial charge is 0.224 e.